The molecule has 0 aliphatic carbocycles. The smallest absolute Gasteiger partial charge is 0.410 e. The van der Waals surface area contributed by atoms with Gasteiger partial charge in [-0.3, -0.25) is 9.69 Å². The van der Waals surface area contributed by atoms with E-state index in [-0.39, 0.29) is 18.6 Å². The first-order valence-electron chi connectivity index (χ1n) is 9.79. The Hall–Kier alpha value is -2.28. The zero-order valence-electron chi connectivity index (χ0n) is 17.3. The molecule has 1 aromatic rings. The lowest BCUT2D eigenvalue weighted by Crippen LogP contribution is -2.55. The molecular weight excluding hydrogens is 360 g/mol. The molecule has 1 aliphatic rings. The average molecular weight is 392 g/mol. The highest BCUT2D eigenvalue weighted by Crippen LogP contribution is 2.16. The quantitative estimate of drug-likeness (QED) is 0.768. The number of carbonyl (C=O) groups is 2. The number of ether oxygens (including phenoxy) is 2. The number of rotatable bonds is 7. The van der Waals surface area contributed by atoms with Gasteiger partial charge in [-0.15, -0.1) is 0 Å². The van der Waals surface area contributed by atoms with Crippen LogP contribution in [-0.2, 0) is 16.0 Å². The summed E-state index contributed by atoms with van der Waals surface area (Å²) in [5.74, 6) is -0.0136. The SMILES string of the molecule is CC1CN(C(=O)OC(C)(C)C)CCN1CCOc1ccc(CCC(=O)O)cc1. The predicted octanol–water partition coefficient (Wildman–Crippen LogP) is 3.02. The molecule has 1 aliphatic heterocycles. The minimum atomic E-state index is -0.791. The first-order chi connectivity index (χ1) is 13.1. The van der Waals surface area contributed by atoms with Crippen LogP contribution < -0.4 is 4.74 Å². The van der Waals surface area contributed by atoms with Gasteiger partial charge in [-0.1, -0.05) is 12.1 Å². The highest BCUT2D eigenvalue weighted by molar-refractivity contribution is 5.68. The second kappa shape index (κ2) is 9.78. The lowest BCUT2D eigenvalue weighted by atomic mass is 10.1. The Kier molecular flexibility index (Phi) is 7.69. The van der Waals surface area contributed by atoms with Crippen LogP contribution >= 0.6 is 0 Å². The number of amides is 1. The topological polar surface area (TPSA) is 79.3 Å². The molecule has 0 saturated carbocycles. The molecule has 156 valence electrons. The maximum Gasteiger partial charge on any atom is 0.410 e. The van der Waals surface area contributed by atoms with Crippen LogP contribution in [0.25, 0.3) is 0 Å². The summed E-state index contributed by atoms with van der Waals surface area (Å²) in [4.78, 5) is 26.9. The molecule has 0 spiro atoms. The maximum absolute atomic E-state index is 12.2. The molecule has 0 aromatic heterocycles. The second-order valence-electron chi connectivity index (χ2n) is 8.20. The number of piperazine rings is 1. The van der Waals surface area contributed by atoms with E-state index in [2.05, 4.69) is 11.8 Å². The average Bonchev–Trinajstić information content (AvgIpc) is 2.61. The van der Waals surface area contributed by atoms with Crippen LogP contribution in [0.3, 0.4) is 0 Å². The Bertz CT molecular complexity index is 654. The highest BCUT2D eigenvalue weighted by atomic mass is 16.6. The summed E-state index contributed by atoms with van der Waals surface area (Å²) in [6.45, 7) is 11.2. The van der Waals surface area contributed by atoms with E-state index in [1.54, 1.807) is 4.90 Å². The number of benzene rings is 1. The van der Waals surface area contributed by atoms with Gasteiger partial charge in [0.1, 0.15) is 18.0 Å². The minimum Gasteiger partial charge on any atom is -0.492 e. The highest BCUT2D eigenvalue weighted by Gasteiger charge is 2.29. The van der Waals surface area contributed by atoms with Crippen LogP contribution in [0.2, 0.25) is 0 Å². The van der Waals surface area contributed by atoms with Gasteiger partial charge in [-0.2, -0.15) is 0 Å². The van der Waals surface area contributed by atoms with Crippen molar-refractivity contribution in [2.24, 2.45) is 0 Å². The van der Waals surface area contributed by atoms with E-state index in [0.717, 1.165) is 24.4 Å². The fraction of sp³-hybridized carbons (Fsp3) is 0.619. The molecule has 1 N–H and O–H groups in total. The zero-order valence-corrected chi connectivity index (χ0v) is 17.3. The molecule has 1 amide bonds. The van der Waals surface area contributed by atoms with Crippen LogP contribution in [0.5, 0.6) is 5.75 Å². The summed E-state index contributed by atoms with van der Waals surface area (Å²) in [5.41, 5.74) is 0.510. The van der Waals surface area contributed by atoms with Crippen molar-refractivity contribution in [1.82, 2.24) is 9.80 Å². The van der Waals surface area contributed by atoms with Crippen LogP contribution in [-0.4, -0.2) is 71.4 Å². The van der Waals surface area contributed by atoms with E-state index in [0.29, 0.717) is 26.1 Å². The first kappa shape index (κ1) is 22.0. The summed E-state index contributed by atoms with van der Waals surface area (Å²) >= 11 is 0. The lowest BCUT2D eigenvalue weighted by molar-refractivity contribution is -0.136. The third-order valence-electron chi connectivity index (χ3n) is 4.61. The fourth-order valence-electron chi connectivity index (χ4n) is 3.10. The van der Waals surface area contributed by atoms with Crippen molar-refractivity contribution in [3.63, 3.8) is 0 Å². The van der Waals surface area contributed by atoms with Crippen molar-refractivity contribution in [3.8, 4) is 5.75 Å². The minimum absolute atomic E-state index is 0.132. The molecule has 7 heteroatoms. The molecule has 1 heterocycles. The van der Waals surface area contributed by atoms with Crippen LogP contribution in [0, 0.1) is 0 Å². The number of carbonyl (C=O) groups excluding carboxylic acids is 1. The summed E-state index contributed by atoms with van der Waals surface area (Å²) in [6, 6.07) is 7.80. The van der Waals surface area contributed by atoms with Gasteiger partial charge in [-0.05, 0) is 51.8 Å². The largest absolute Gasteiger partial charge is 0.492 e. The second-order valence-corrected chi connectivity index (χ2v) is 8.20. The Labute approximate surface area is 167 Å². The molecule has 1 unspecified atom stereocenters. The molecule has 0 bridgehead atoms. The monoisotopic (exact) mass is 392 g/mol. The van der Waals surface area contributed by atoms with E-state index in [1.165, 1.54) is 0 Å². The van der Waals surface area contributed by atoms with Gasteiger partial charge in [0.25, 0.3) is 0 Å². The van der Waals surface area contributed by atoms with E-state index in [4.69, 9.17) is 14.6 Å². The summed E-state index contributed by atoms with van der Waals surface area (Å²) in [7, 11) is 0. The number of nitrogens with zero attached hydrogens (tertiary/aromatic N) is 2. The van der Waals surface area contributed by atoms with Crippen molar-refractivity contribution in [1.29, 1.82) is 0 Å². The van der Waals surface area contributed by atoms with Gasteiger partial charge in [0, 0.05) is 38.6 Å². The van der Waals surface area contributed by atoms with E-state index in [9.17, 15) is 9.59 Å². The first-order valence-corrected chi connectivity index (χ1v) is 9.79. The van der Waals surface area contributed by atoms with Crippen LogP contribution in [0.15, 0.2) is 24.3 Å². The number of carboxylic acid groups (broad SMARTS) is 1. The molecule has 1 saturated heterocycles. The Balaban J connectivity index is 1.72. The fourth-order valence-corrected chi connectivity index (χ4v) is 3.10. The van der Waals surface area contributed by atoms with Crippen molar-refractivity contribution in [2.75, 3.05) is 32.8 Å². The number of hydrogen-bond donors (Lipinski definition) is 1. The molecule has 28 heavy (non-hydrogen) atoms. The van der Waals surface area contributed by atoms with Gasteiger partial charge >= 0.3 is 12.1 Å². The Morgan fingerprint density at radius 2 is 1.86 bits per heavy atom. The number of aryl methyl sites for hydroxylation is 1. The van der Waals surface area contributed by atoms with Crippen LogP contribution in [0.4, 0.5) is 4.79 Å². The number of aliphatic carboxylic acids is 1. The van der Waals surface area contributed by atoms with Crippen molar-refractivity contribution in [3.05, 3.63) is 29.8 Å². The van der Waals surface area contributed by atoms with Crippen LogP contribution in [0.1, 0.15) is 39.7 Å². The maximum atomic E-state index is 12.2. The van der Waals surface area contributed by atoms with Gasteiger partial charge < -0.3 is 19.5 Å². The summed E-state index contributed by atoms with van der Waals surface area (Å²) in [5, 5.41) is 8.73. The van der Waals surface area contributed by atoms with Crippen molar-refractivity contribution >= 4 is 12.1 Å². The Morgan fingerprint density at radius 1 is 1.18 bits per heavy atom. The number of carboxylic acids is 1. The van der Waals surface area contributed by atoms with E-state index < -0.39 is 11.6 Å². The molecule has 2 rings (SSSR count). The van der Waals surface area contributed by atoms with E-state index >= 15 is 0 Å². The summed E-state index contributed by atoms with van der Waals surface area (Å²) in [6.07, 6.45) is 0.404. The normalized spacial score (nSPS) is 18.0. The van der Waals surface area contributed by atoms with Gasteiger partial charge in [0.05, 0.1) is 0 Å². The van der Waals surface area contributed by atoms with Crippen molar-refractivity contribution in [2.45, 2.75) is 52.2 Å². The predicted molar refractivity (Wildman–Crippen MR) is 107 cm³/mol. The van der Waals surface area contributed by atoms with E-state index in [1.807, 2.05) is 45.0 Å². The third kappa shape index (κ3) is 7.38. The van der Waals surface area contributed by atoms with Gasteiger partial charge in [0.15, 0.2) is 0 Å². The third-order valence-corrected chi connectivity index (χ3v) is 4.61. The Morgan fingerprint density at radius 3 is 2.43 bits per heavy atom. The molecule has 1 aromatic carbocycles. The molecule has 0 radical (unpaired) electrons. The van der Waals surface area contributed by atoms with Gasteiger partial charge in [0.2, 0.25) is 0 Å². The van der Waals surface area contributed by atoms with Crippen molar-refractivity contribution < 1.29 is 24.2 Å². The number of hydrogen-bond acceptors (Lipinski definition) is 5. The molecule has 1 fully saturated rings. The standard InChI is InChI=1S/C21H32N2O5/c1-16-15-23(20(26)28-21(2,3)4)12-11-22(16)13-14-27-18-8-5-17(6-9-18)7-10-19(24)25/h5-6,8-9,16H,7,10-15H2,1-4H3,(H,24,25). The molecular formula is C21H32N2O5. The van der Waals surface area contributed by atoms with Gasteiger partial charge in [-0.25, -0.2) is 4.79 Å². The lowest BCUT2D eigenvalue weighted by Gasteiger charge is -2.40. The molecule has 7 nitrogen and oxygen atoms in total. The molecule has 1 atom stereocenters. The summed E-state index contributed by atoms with van der Waals surface area (Å²) < 4.78 is 11.3. The zero-order chi connectivity index (χ0) is 20.7.